The van der Waals surface area contributed by atoms with E-state index in [0.29, 0.717) is 10.6 Å². The number of benzene rings is 1. The summed E-state index contributed by atoms with van der Waals surface area (Å²) in [5, 5.41) is 8.55. The van der Waals surface area contributed by atoms with E-state index >= 15 is 0 Å². The van der Waals surface area contributed by atoms with Gasteiger partial charge in [-0.25, -0.2) is 8.42 Å². The summed E-state index contributed by atoms with van der Waals surface area (Å²) >= 11 is 5.85. The van der Waals surface area contributed by atoms with Crippen molar-refractivity contribution < 1.29 is 18.3 Å². The highest BCUT2D eigenvalue weighted by atomic mass is 35.5. The molecule has 0 aromatic heterocycles. The molecule has 7 heteroatoms. The Morgan fingerprint density at radius 1 is 1.53 bits per heavy atom. The van der Waals surface area contributed by atoms with Gasteiger partial charge in [0.1, 0.15) is 5.54 Å². The second-order valence-electron chi connectivity index (χ2n) is 4.64. The SMILES string of the molecule is CCS(=O)(=O)C1C(c2cccc(Cl)c2)C1(N)C(=O)O. The first-order valence-electron chi connectivity index (χ1n) is 5.74. The molecular formula is C12H14ClNO4S. The largest absolute Gasteiger partial charge is 0.480 e. The van der Waals surface area contributed by atoms with Crippen LogP contribution in [0.25, 0.3) is 0 Å². The Labute approximate surface area is 116 Å². The highest BCUT2D eigenvalue weighted by Crippen LogP contribution is 2.54. The molecule has 1 fully saturated rings. The van der Waals surface area contributed by atoms with Crippen LogP contribution in [0, 0.1) is 0 Å². The predicted molar refractivity (Wildman–Crippen MR) is 72.0 cm³/mol. The molecule has 0 heterocycles. The summed E-state index contributed by atoms with van der Waals surface area (Å²) in [5.74, 6) is -2.20. The van der Waals surface area contributed by atoms with Crippen LogP contribution in [0.2, 0.25) is 5.02 Å². The van der Waals surface area contributed by atoms with Gasteiger partial charge in [-0.05, 0) is 17.7 Å². The molecule has 1 aliphatic rings. The van der Waals surface area contributed by atoms with Gasteiger partial charge in [-0.15, -0.1) is 0 Å². The number of hydrogen-bond acceptors (Lipinski definition) is 4. The van der Waals surface area contributed by atoms with Crippen molar-refractivity contribution in [2.45, 2.75) is 23.6 Å². The van der Waals surface area contributed by atoms with Gasteiger partial charge in [0, 0.05) is 16.7 Å². The molecular weight excluding hydrogens is 290 g/mol. The number of halogens is 1. The number of aliphatic carboxylic acids is 1. The van der Waals surface area contributed by atoms with E-state index in [1.54, 1.807) is 24.3 Å². The molecule has 2 rings (SSSR count). The Bertz CT molecular complexity index is 630. The normalized spacial score (nSPS) is 30.1. The van der Waals surface area contributed by atoms with E-state index in [1.807, 2.05) is 0 Å². The van der Waals surface area contributed by atoms with Gasteiger partial charge in [0.05, 0.1) is 5.25 Å². The molecule has 3 atom stereocenters. The first-order valence-corrected chi connectivity index (χ1v) is 7.83. The summed E-state index contributed by atoms with van der Waals surface area (Å²) in [6.07, 6.45) is 0. The third kappa shape index (κ3) is 2.13. The minimum atomic E-state index is -3.54. The molecule has 3 N–H and O–H groups in total. The minimum absolute atomic E-state index is 0.138. The van der Waals surface area contributed by atoms with Crippen molar-refractivity contribution in [3.8, 4) is 0 Å². The maximum Gasteiger partial charge on any atom is 0.325 e. The number of carbonyl (C=O) groups is 1. The summed E-state index contributed by atoms with van der Waals surface area (Å²) in [6, 6.07) is 6.48. The van der Waals surface area contributed by atoms with Crippen LogP contribution in [0.1, 0.15) is 18.4 Å². The summed E-state index contributed by atoms with van der Waals surface area (Å²) < 4.78 is 23.9. The first-order chi connectivity index (χ1) is 8.75. The number of nitrogens with two attached hydrogens (primary N) is 1. The Kier molecular flexibility index (Phi) is 3.36. The Hall–Kier alpha value is -1.11. The lowest BCUT2D eigenvalue weighted by molar-refractivity contribution is -0.139. The smallest absolute Gasteiger partial charge is 0.325 e. The van der Waals surface area contributed by atoms with Crippen molar-refractivity contribution in [2.24, 2.45) is 5.73 Å². The molecule has 5 nitrogen and oxygen atoms in total. The third-order valence-corrected chi connectivity index (χ3v) is 6.02. The zero-order chi connectivity index (χ0) is 14.4. The standard InChI is InChI=1S/C12H14ClNO4S/c1-2-19(17,18)10-9(12(10,14)11(15)16)7-4-3-5-8(13)6-7/h3-6,9-10H,2,14H2,1H3,(H,15,16). The van der Waals surface area contributed by atoms with Gasteiger partial charge in [0.25, 0.3) is 0 Å². The van der Waals surface area contributed by atoms with Gasteiger partial charge < -0.3 is 10.8 Å². The number of rotatable bonds is 4. The first kappa shape index (κ1) is 14.3. The topological polar surface area (TPSA) is 97.5 Å². The molecule has 19 heavy (non-hydrogen) atoms. The van der Waals surface area contributed by atoms with E-state index in [4.69, 9.17) is 17.3 Å². The van der Waals surface area contributed by atoms with Crippen molar-refractivity contribution in [3.63, 3.8) is 0 Å². The number of hydrogen-bond donors (Lipinski definition) is 2. The molecule has 3 unspecified atom stereocenters. The van der Waals surface area contributed by atoms with Crippen LogP contribution in [0.3, 0.4) is 0 Å². The van der Waals surface area contributed by atoms with Gasteiger partial charge in [0.15, 0.2) is 9.84 Å². The maximum absolute atomic E-state index is 12.0. The van der Waals surface area contributed by atoms with Gasteiger partial charge >= 0.3 is 5.97 Å². The summed E-state index contributed by atoms with van der Waals surface area (Å²) in [4.78, 5) is 11.3. The van der Waals surface area contributed by atoms with Crippen LogP contribution >= 0.6 is 11.6 Å². The van der Waals surface area contributed by atoms with Gasteiger partial charge in [0.2, 0.25) is 0 Å². The molecule has 1 aromatic rings. The molecule has 0 radical (unpaired) electrons. The van der Waals surface area contributed by atoms with E-state index in [2.05, 4.69) is 0 Å². The van der Waals surface area contributed by atoms with Crippen molar-refractivity contribution in [2.75, 3.05) is 5.75 Å². The fraction of sp³-hybridized carbons (Fsp3) is 0.417. The van der Waals surface area contributed by atoms with Crippen molar-refractivity contribution in [1.82, 2.24) is 0 Å². The molecule has 0 aliphatic heterocycles. The predicted octanol–water partition coefficient (Wildman–Crippen LogP) is 1.02. The third-order valence-electron chi connectivity index (χ3n) is 3.55. The molecule has 0 amide bonds. The summed E-state index contributed by atoms with van der Waals surface area (Å²) in [7, 11) is -3.54. The van der Waals surface area contributed by atoms with Crippen LogP contribution in [-0.4, -0.2) is 36.0 Å². The quantitative estimate of drug-likeness (QED) is 0.865. The number of sulfone groups is 1. The molecule has 0 saturated heterocycles. The van der Waals surface area contributed by atoms with Crippen LogP contribution in [0.4, 0.5) is 0 Å². The maximum atomic E-state index is 12.0. The fourth-order valence-electron chi connectivity index (χ4n) is 2.46. The van der Waals surface area contributed by atoms with Crippen LogP contribution in [0.5, 0.6) is 0 Å². The molecule has 0 bridgehead atoms. The Morgan fingerprint density at radius 2 is 2.16 bits per heavy atom. The van der Waals surface area contributed by atoms with E-state index in [-0.39, 0.29) is 5.75 Å². The van der Waals surface area contributed by atoms with Crippen molar-refractivity contribution in [1.29, 1.82) is 0 Å². The Balaban J connectivity index is 2.49. The summed E-state index contributed by atoms with van der Waals surface area (Å²) in [5.41, 5.74) is 4.58. The van der Waals surface area contributed by atoms with Crippen molar-refractivity contribution >= 4 is 27.4 Å². The zero-order valence-corrected chi connectivity index (χ0v) is 11.8. The second-order valence-corrected chi connectivity index (χ2v) is 7.49. The lowest BCUT2D eigenvalue weighted by atomic mass is 10.1. The molecule has 1 saturated carbocycles. The highest BCUT2D eigenvalue weighted by Gasteiger charge is 2.73. The Morgan fingerprint density at radius 3 is 2.63 bits per heavy atom. The fourth-order valence-corrected chi connectivity index (χ4v) is 4.58. The van der Waals surface area contributed by atoms with Crippen LogP contribution in [-0.2, 0) is 14.6 Å². The van der Waals surface area contributed by atoms with Gasteiger partial charge in [-0.1, -0.05) is 30.7 Å². The highest BCUT2D eigenvalue weighted by molar-refractivity contribution is 7.92. The second kappa shape index (κ2) is 4.47. The van der Waals surface area contributed by atoms with Crippen LogP contribution < -0.4 is 5.73 Å². The van der Waals surface area contributed by atoms with E-state index in [9.17, 15) is 18.3 Å². The van der Waals surface area contributed by atoms with E-state index in [1.165, 1.54) is 6.92 Å². The summed E-state index contributed by atoms with van der Waals surface area (Å²) in [6.45, 7) is 1.48. The van der Waals surface area contributed by atoms with E-state index < -0.39 is 32.5 Å². The zero-order valence-electron chi connectivity index (χ0n) is 10.2. The molecule has 1 aromatic carbocycles. The van der Waals surface area contributed by atoms with E-state index in [0.717, 1.165) is 0 Å². The molecule has 104 valence electrons. The lowest BCUT2D eigenvalue weighted by Crippen LogP contribution is -2.40. The van der Waals surface area contributed by atoms with Gasteiger partial charge in [-0.2, -0.15) is 0 Å². The average molecular weight is 304 g/mol. The molecule has 1 aliphatic carbocycles. The number of carboxylic acid groups (broad SMARTS) is 1. The lowest BCUT2D eigenvalue weighted by Gasteiger charge is -2.05. The average Bonchev–Trinajstić information content (AvgIpc) is 2.98. The van der Waals surface area contributed by atoms with Gasteiger partial charge in [-0.3, -0.25) is 4.79 Å². The number of carboxylic acids is 1. The minimum Gasteiger partial charge on any atom is -0.480 e. The monoisotopic (exact) mass is 303 g/mol. The van der Waals surface area contributed by atoms with Crippen LogP contribution in [0.15, 0.2) is 24.3 Å². The molecule has 0 spiro atoms. The van der Waals surface area contributed by atoms with Crippen molar-refractivity contribution in [3.05, 3.63) is 34.9 Å².